The van der Waals surface area contributed by atoms with Gasteiger partial charge in [0.05, 0.1) is 17.1 Å². The maximum Gasteiger partial charge on any atom is 0.337 e. The van der Waals surface area contributed by atoms with Crippen LogP contribution in [0.15, 0.2) is 6.20 Å². The van der Waals surface area contributed by atoms with Crippen molar-refractivity contribution in [1.82, 2.24) is 4.98 Å². The van der Waals surface area contributed by atoms with Crippen molar-refractivity contribution in [1.29, 1.82) is 0 Å². The molecule has 0 spiro atoms. The fraction of sp³-hybridized carbons (Fsp3) is 0.250. The average Bonchev–Trinajstić information content (AvgIpc) is 2.16. The molecule has 0 amide bonds. The lowest BCUT2D eigenvalue weighted by Gasteiger charge is -2.09. The van der Waals surface area contributed by atoms with Gasteiger partial charge in [0.15, 0.2) is 0 Å². The number of hydrogen-bond donors (Lipinski definition) is 1. The number of rotatable bonds is 3. The Balaban J connectivity index is 3.44. The lowest BCUT2D eigenvalue weighted by molar-refractivity contribution is 0.0683. The molecule has 1 N–H and O–H groups in total. The van der Waals surface area contributed by atoms with Crippen molar-refractivity contribution >= 4 is 40.2 Å². The topological polar surface area (TPSA) is 50.2 Å². The van der Waals surface area contributed by atoms with Crippen molar-refractivity contribution in [2.45, 2.75) is 12.3 Å². The highest BCUT2D eigenvalue weighted by molar-refractivity contribution is 14.1. The zero-order valence-electron chi connectivity index (χ0n) is 7.18. The van der Waals surface area contributed by atoms with Gasteiger partial charge in [-0.2, -0.15) is 0 Å². The third kappa shape index (κ3) is 2.54. The second-order valence-electron chi connectivity index (χ2n) is 2.59. The summed E-state index contributed by atoms with van der Waals surface area (Å²) in [6, 6.07) is 0. The first-order valence-corrected chi connectivity index (χ1v) is 5.35. The SMILES string of the molecule is O=C(O)c1cnc(CCl)c(I)c1C(F)F. The van der Waals surface area contributed by atoms with Crippen LogP contribution in [0.2, 0.25) is 0 Å². The monoisotopic (exact) mass is 347 g/mol. The Morgan fingerprint density at radius 2 is 2.27 bits per heavy atom. The summed E-state index contributed by atoms with van der Waals surface area (Å²) in [6.45, 7) is 0. The standard InChI is InChI=1S/C8H5ClF2INO2/c9-1-4-6(12)5(7(10)11)3(2-13-4)8(14)15/h2,7H,1H2,(H,14,15). The van der Waals surface area contributed by atoms with E-state index in [2.05, 4.69) is 4.98 Å². The normalized spacial score (nSPS) is 10.7. The maximum absolute atomic E-state index is 12.6. The van der Waals surface area contributed by atoms with Gasteiger partial charge in [-0.1, -0.05) is 0 Å². The van der Waals surface area contributed by atoms with Gasteiger partial charge in [-0.05, 0) is 22.6 Å². The van der Waals surface area contributed by atoms with E-state index in [0.29, 0.717) is 0 Å². The molecule has 0 bridgehead atoms. The van der Waals surface area contributed by atoms with Crippen molar-refractivity contribution in [3.05, 3.63) is 26.6 Å². The van der Waals surface area contributed by atoms with Gasteiger partial charge in [-0.3, -0.25) is 4.98 Å². The number of carbonyl (C=O) groups is 1. The van der Waals surface area contributed by atoms with Crippen LogP contribution in [-0.4, -0.2) is 16.1 Å². The largest absolute Gasteiger partial charge is 0.478 e. The van der Waals surface area contributed by atoms with Gasteiger partial charge in [0.25, 0.3) is 6.43 Å². The molecule has 82 valence electrons. The fourth-order valence-corrected chi connectivity index (χ4v) is 2.30. The first-order valence-electron chi connectivity index (χ1n) is 3.73. The van der Waals surface area contributed by atoms with Gasteiger partial charge >= 0.3 is 5.97 Å². The van der Waals surface area contributed by atoms with Gasteiger partial charge in [0.1, 0.15) is 0 Å². The van der Waals surface area contributed by atoms with Gasteiger partial charge in [0.2, 0.25) is 0 Å². The molecule has 15 heavy (non-hydrogen) atoms. The molecule has 0 unspecified atom stereocenters. The smallest absolute Gasteiger partial charge is 0.337 e. The average molecular weight is 347 g/mol. The van der Waals surface area contributed by atoms with Gasteiger partial charge in [-0.15, -0.1) is 11.6 Å². The molecule has 1 aromatic rings. The third-order valence-electron chi connectivity index (χ3n) is 1.70. The second kappa shape index (κ2) is 5.02. The molecule has 0 fully saturated rings. The molecule has 1 aromatic heterocycles. The molecule has 0 aromatic carbocycles. The summed E-state index contributed by atoms with van der Waals surface area (Å²) in [4.78, 5) is 14.4. The van der Waals surface area contributed by atoms with Crippen LogP contribution in [0.25, 0.3) is 0 Å². The van der Waals surface area contributed by atoms with Crippen molar-refractivity contribution in [2.24, 2.45) is 0 Å². The minimum atomic E-state index is -2.85. The van der Waals surface area contributed by atoms with Crippen LogP contribution < -0.4 is 0 Å². The lowest BCUT2D eigenvalue weighted by Crippen LogP contribution is -2.08. The first-order chi connectivity index (χ1) is 6.99. The Kier molecular flexibility index (Phi) is 4.21. The summed E-state index contributed by atoms with van der Waals surface area (Å²) in [6.07, 6.45) is -1.95. The number of halogens is 4. The summed E-state index contributed by atoms with van der Waals surface area (Å²) in [5.74, 6) is -1.45. The van der Waals surface area contributed by atoms with Gasteiger partial charge < -0.3 is 5.11 Å². The Hall–Kier alpha value is -0.500. The Morgan fingerprint density at radius 3 is 2.67 bits per heavy atom. The van der Waals surface area contributed by atoms with Crippen LogP contribution >= 0.6 is 34.2 Å². The van der Waals surface area contributed by atoms with E-state index in [1.165, 1.54) is 0 Å². The summed E-state index contributed by atoms with van der Waals surface area (Å²) < 4.78 is 25.4. The summed E-state index contributed by atoms with van der Waals surface area (Å²) in [5.41, 5.74) is -0.741. The molecular weight excluding hydrogens is 342 g/mol. The Labute approximate surface area is 103 Å². The number of carboxylic acid groups (broad SMARTS) is 1. The van der Waals surface area contributed by atoms with Crippen LogP contribution in [0.1, 0.15) is 28.0 Å². The minimum absolute atomic E-state index is 0.0299. The number of carboxylic acids is 1. The number of aromatic nitrogens is 1. The molecule has 0 aliphatic carbocycles. The molecule has 3 nitrogen and oxygen atoms in total. The zero-order valence-corrected chi connectivity index (χ0v) is 10.1. The third-order valence-corrected chi connectivity index (χ3v) is 3.16. The molecule has 0 atom stereocenters. The Bertz CT molecular complexity index is 400. The maximum atomic E-state index is 12.6. The van der Waals surface area contributed by atoms with Crippen LogP contribution in [0.5, 0.6) is 0 Å². The first kappa shape index (κ1) is 12.6. The molecule has 0 aliphatic heterocycles. The van der Waals surface area contributed by atoms with E-state index in [1.54, 1.807) is 22.6 Å². The zero-order chi connectivity index (χ0) is 11.6. The second-order valence-corrected chi connectivity index (χ2v) is 3.93. The molecule has 7 heteroatoms. The number of pyridine rings is 1. The van der Waals surface area contributed by atoms with E-state index in [4.69, 9.17) is 16.7 Å². The van der Waals surface area contributed by atoms with Crippen molar-refractivity contribution in [3.63, 3.8) is 0 Å². The van der Waals surface area contributed by atoms with E-state index in [-0.39, 0.29) is 15.1 Å². The fourth-order valence-electron chi connectivity index (χ4n) is 1.02. The number of aromatic carboxylic acids is 1. The molecule has 1 heterocycles. The van der Waals surface area contributed by atoms with Crippen LogP contribution in [-0.2, 0) is 5.88 Å². The number of nitrogens with zero attached hydrogens (tertiary/aromatic N) is 1. The highest BCUT2D eigenvalue weighted by atomic mass is 127. The van der Waals surface area contributed by atoms with Gasteiger partial charge in [0, 0.05) is 15.3 Å². The number of alkyl halides is 3. The van der Waals surface area contributed by atoms with Gasteiger partial charge in [-0.25, -0.2) is 13.6 Å². The van der Waals surface area contributed by atoms with Crippen molar-refractivity contribution < 1.29 is 18.7 Å². The molecule has 0 radical (unpaired) electrons. The van der Waals surface area contributed by atoms with E-state index >= 15 is 0 Å². The van der Waals surface area contributed by atoms with Crippen LogP contribution in [0.3, 0.4) is 0 Å². The van der Waals surface area contributed by atoms with Crippen LogP contribution in [0, 0.1) is 3.57 Å². The molecule has 0 aliphatic rings. The summed E-state index contributed by atoms with van der Waals surface area (Å²) in [5, 5.41) is 8.69. The minimum Gasteiger partial charge on any atom is -0.478 e. The van der Waals surface area contributed by atoms with E-state index < -0.39 is 23.5 Å². The molecular formula is C8H5ClF2INO2. The highest BCUT2D eigenvalue weighted by Gasteiger charge is 2.23. The summed E-state index contributed by atoms with van der Waals surface area (Å²) in [7, 11) is 0. The predicted octanol–water partition coefficient (Wildman–Crippen LogP) is 3.06. The highest BCUT2D eigenvalue weighted by Crippen LogP contribution is 2.29. The van der Waals surface area contributed by atoms with Crippen molar-refractivity contribution in [3.8, 4) is 0 Å². The molecule has 0 saturated carbocycles. The van der Waals surface area contributed by atoms with Crippen LogP contribution in [0.4, 0.5) is 8.78 Å². The molecule has 1 rings (SSSR count). The van der Waals surface area contributed by atoms with E-state index in [9.17, 15) is 13.6 Å². The molecule has 0 saturated heterocycles. The Morgan fingerprint density at radius 1 is 1.67 bits per heavy atom. The van der Waals surface area contributed by atoms with Crippen molar-refractivity contribution in [2.75, 3.05) is 0 Å². The quantitative estimate of drug-likeness (QED) is 0.675. The summed E-state index contributed by atoms with van der Waals surface area (Å²) >= 11 is 7.11. The predicted molar refractivity (Wildman–Crippen MR) is 58.4 cm³/mol. The van der Waals surface area contributed by atoms with E-state index in [0.717, 1.165) is 6.20 Å². The van der Waals surface area contributed by atoms with E-state index in [1.807, 2.05) is 0 Å². The lowest BCUT2D eigenvalue weighted by atomic mass is 10.1. The number of hydrogen-bond acceptors (Lipinski definition) is 2.